The first-order valence-corrected chi connectivity index (χ1v) is 8.70. The second-order valence-corrected chi connectivity index (χ2v) is 6.60. The topological polar surface area (TPSA) is 113 Å². The zero-order valence-electron chi connectivity index (χ0n) is 13.3. The molecule has 0 bridgehead atoms. The number of benzene rings is 1. The lowest BCUT2D eigenvalue weighted by Gasteiger charge is -2.05. The van der Waals surface area contributed by atoms with Crippen molar-refractivity contribution in [2.24, 2.45) is 0 Å². The maximum Gasteiger partial charge on any atom is 0.286 e. The third kappa shape index (κ3) is 4.70. The quantitative estimate of drug-likeness (QED) is 0.530. The molecule has 3 aromatic rings. The van der Waals surface area contributed by atoms with Gasteiger partial charge in [-0.1, -0.05) is 16.8 Å². The van der Waals surface area contributed by atoms with E-state index in [1.54, 1.807) is 36.5 Å². The van der Waals surface area contributed by atoms with Gasteiger partial charge in [0.15, 0.2) is 0 Å². The summed E-state index contributed by atoms with van der Waals surface area (Å²) in [5.41, 5.74) is 5.73. The Kier molecular flexibility index (Phi) is 5.69. The summed E-state index contributed by atoms with van der Waals surface area (Å²) in [5.74, 6) is -0.0884. The summed E-state index contributed by atoms with van der Waals surface area (Å²) in [6, 6.07) is 8.60. The number of halogens is 2. The highest BCUT2D eigenvalue weighted by Crippen LogP contribution is 2.19. The van der Waals surface area contributed by atoms with E-state index in [-0.39, 0.29) is 18.7 Å². The first-order chi connectivity index (χ1) is 12.5. The first-order valence-electron chi connectivity index (χ1n) is 7.53. The van der Waals surface area contributed by atoms with Gasteiger partial charge in [0.25, 0.3) is 5.91 Å². The zero-order valence-corrected chi connectivity index (χ0v) is 15.6. The van der Waals surface area contributed by atoms with E-state index in [2.05, 4.69) is 41.9 Å². The van der Waals surface area contributed by atoms with E-state index in [1.165, 1.54) is 0 Å². The number of hydrogen-bond acceptors (Lipinski definition) is 5. The summed E-state index contributed by atoms with van der Waals surface area (Å²) in [4.78, 5) is 30.6. The van der Waals surface area contributed by atoms with Crippen LogP contribution < -0.4 is 10.9 Å². The second-order valence-electron chi connectivity index (χ2n) is 5.25. The summed E-state index contributed by atoms with van der Waals surface area (Å²) in [6.45, 7) is 0. The summed E-state index contributed by atoms with van der Waals surface area (Å²) in [5, 5.41) is 4.48. The highest BCUT2D eigenvalue weighted by Gasteiger charge is 2.12. The fourth-order valence-electron chi connectivity index (χ4n) is 2.05. The predicted molar refractivity (Wildman–Crippen MR) is 97.2 cm³/mol. The van der Waals surface area contributed by atoms with Crippen LogP contribution >= 0.6 is 27.5 Å². The minimum atomic E-state index is -0.452. The Hall–Kier alpha value is -2.65. The molecule has 0 saturated heterocycles. The number of carbonyl (C=O) groups excluding carboxylic acids is 2. The van der Waals surface area contributed by atoms with E-state index in [0.29, 0.717) is 22.4 Å². The summed E-state index contributed by atoms with van der Waals surface area (Å²) >= 11 is 9.06. The van der Waals surface area contributed by atoms with Crippen molar-refractivity contribution in [3.8, 4) is 11.4 Å². The van der Waals surface area contributed by atoms with Crippen LogP contribution in [-0.4, -0.2) is 26.9 Å². The molecule has 26 heavy (non-hydrogen) atoms. The second kappa shape index (κ2) is 8.15. The van der Waals surface area contributed by atoms with Gasteiger partial charge >= 0.3 is 0 Å². The highest BCUT2D eigenvalue weighted by molar-refractivity contribution is 9.10. The molecule has 0 spiro atoms. The Balaban J connectivity index is 1.47. The SMILES string of the molecule is O=C(CCc1nc(-c2ccc(Cl)cc2)no1)NNC(=O)c1cc(Br)c[nH]1. The minimum Gasteiger partial charge on any atom is -0.356 e. The molecule has 2 aromatic heterocycles. The van der Waals surface area contributed by atoms with Gasteiger partial charge in [-0.15, -0.1) is 0 Å². The molecule has 0 aliphatic carbocycles. The third-order valence-corrected chi connectivity index (χ3v) is 4.05. The lowest BCUT2D eigenvalue weighted by molar-refractivity contribution is -0.121. The van der Waals surface area contributed by atoms with Crippen molar-refractivity contribution in [1.29, 1.82) is 0 Å². The Morgan fingerprint density at radius 1 is 1.23 bits per heavy atom. The molecule has 0 radical (unpaired) electrons. The Morgan fingerprint density at radius 2 is 2.00 bits per heavy atom. The number of hydrogen-bond donors (Lipinski definition) is 3. The van der Waals surface area contributed by atoms with E-state index >= 15 is 0 Å². The molecule has 8 nitrogen and oxygen atoms in total. The molecule has 0 aliphatic rings. The molecule has 0 atom stereocenters. The van der Waals surface area contributed by atoms with Crippen LogP contribution in [0, 0.1) is 0 Å². The number of rotatable bonds is 5. The van der Waals surface area contributed by atoms with E-state index in [9.17, 15) is 9.59 Å². The van der Waals surface area contributed by atoms with Gasteiger partial charge < -0.3 is 9.51 Å². The van der Waals surface area contributed by atoms with Crippen molar-refractivity contribution in [1.82, 2.24) is 26.0 Å². The summed E-state index contributed by atoms with van der Waals surface area (Å²) < 4.78 is 5.86. The molecule has 3 N–H and O–H groups in total. The van der Waals surface area contributed by atoms with Crippen LogP contribution in [-0.2, 0) is 11.2 Å². The van der Waals surface area contributed by atoms with Crippen LogP contribution in [0.15, 0.2) is 45.5 Å². The smallest absolute Gasteiger partial charge is 0.286 e. The van der Waals surface area contributed by atoms with E-state index in [0.717, 1.165) is 10.0 Å². The van der Waals surface area contributed by atoms with Crippen LogP contribution in [0.3, 0.4) is 0 Å². The third-order valence-electron chi connectivity index (χ3n) is 3.34. The Bertz CT molecular complexity index is 922. The largest absolute Gasteiger partial charge is 0.356 e. The monoisotopic (exact) mass is 437 g/mol. The van der Waals surface area contributed by atoms with Gasteiger partial charge in [0.05, 0.1) is 0 Å². The lowest BCUT2D eigenvalue weighted by atomic mass is 10.2. The molecule has 2 amide bonds. The van der Waals surface area contributed by atoms with E-state index in [1.807, 2.05) is 0 Å². The van der Waals surface area contributed by atoms with Crippen molar-refractivity contribution in [2.45, 2.75) is 12.8 Å². The summed E-state index contributed by atoms with van der Waals surface area (Å²) in [6.07, 6.45) is 1.94. The minimum absolute atomic E-state index is 0.0803. The molecule has 0 fully saturated rings. The molecule has 1 aromatic carbocycles. The van der Waals surface area contributed by atoms with Gasteiger partial charge in [0, 0.05) is 34.1 Å². The van der Waals surface area contributed by atoms with E-state index in [4.69, 9.17) is 16.1 Å². The Morgan fingerprint density at radius 3 is 2.69 bits per heavy atom. The maximum atomic E-state index is 11.8. The number of carbonyl (C=O) groups is 2. The van der Waals surface area contributed by atoms with Crippen molar-refractivity contribution in [3.63, 3.8) is 0 Å². The average molecular weight is 439 g/mol. The molecule has 0 saturated carbocycles. The maximum absolute atomic E-state index is 11.8. The van der Waals surface area contributed by atoms with Gasteiger partial charge in [0.1, 0.15) is 5.69 Å². The van der Waals surface area contributed by atoms with Gasteiger partial charge in [-0.3, -0.25) is 20.4 Å². The molecule has 0 unspecified atom stereocenters. The summed E-state index contributed by atoms with van der Waals surface area (Å²) in [7, 11) is 0. The van der Waals surface area contributed by atoms with Crippen LogP contribution in [0.25, 0.3) is 11.4 Å². The molecular formula is C16H13BrClN5O3. The molecule has 3 rings (SSSR count). The predicted octanol–water partition coefficient (Wildman–Crippen LogP) is 2.87. The molecule has 0 aliphatic heterocycles. The average Bonchev–Trinajstić information content (AvgIpc) is 3.27. The number of amides is 2. The van der Waals surface area contributed by atoms with Crippen molar-refractivity contribution >= 4 is 39.3 Å². The van der Waals surface area contributed by atoms with Gasteiger partial charge in [0.2, 0.25) is 17.6 Å². The Labute approximate surface area is 161 Å². The molecule has 2 heterocycles. The zero-order chi connectivity index (χ0) is 18.5. The number of aryl methyl sites for hydroxylation is 1. The van der Waals surface area contributed by atoms with Crippen LogP contribution in [0.2, 0.25) is 5.02 Å². The molecule has 134 valence electrons. The fourth-order valence-corrected chi connectivity index (χ4v) is 2.52. The molecular weight excluding hydrogens is 426 g/mol. The number of nitrogens with zero attached hydrogens (tertiary/aromatic N) is 2. The van der Waals surface area contributed by atoms with E-state index < -0.39 is 5.91 Å². The van der Waals surface area contributed by atoms with Gasteiger partial charge in [-0.05, 0) is 46.3 Å². The van der Waals surface area contributed by atoms with Crippen molar-refractivity contribution < 1.29 is 14.1 Å². The van der Waals surface area contributed by atoms with Crippen LogP contribution in [0.4, 0.5) is 0 Å². The number of nitrogens with one attached hydrogen (secondary N) is 3. The highest BCUT2D eigenvalue weighted by atomic mass is 79.9. The van der Waals surface area contributed by atoms with Crippen molar-refractivity contribution in [3.05, 3.63) is 57.6 Å². The number of H-pyrrole nitrogens is 1. The number of hydrazine groups is 1. The van der Waals surface area contributed by atoms with Crippen molar-refractivity contribution in [2.75, 3.05) is 0 Å². The van der Waals surface area contributed by atoms with Gasteiger partial charge in [-0.2, -0.15) is 4.98 Å². The van der Waals surface area contributed by atoms with Crippen LogP contribution in [0.5, 0.6) is 0 Å². The normalized spacial score (nSPS) is 10.5. The number of aromatic nitrogens is 3. The first kappa shape index (κ1) is 18.2. The van der Waals surface area contributed by atoms with Crippen LogP contribution in [0.1, 0.15) is 22.8 Å². The molecule has 10 heteroatoms. The number of aromatic amines is 1. The standard InChI is InChI=1S/C16H13BrClN5O3/c17-10-7-12(19-8-10)16(25)22-21-13(24)5-6-14-20-15(23-26-14)9-1-3-11(18)4-2-9/h1-4,7-8,19H,5-6H2,(H,21,24)(H,22,25). The fraction of sp³-hybridized carbons (Fsp3) is 0.125. The van der Waals surface area contributed by atoms with Gasteiger partial charge in [-0.25, -0.2) is 0 Å². The lowest BCUT2D eigenvalue weighted by Crippen LogP contribution is -2.41.